The van der Waals surface area contributed by atoms with Crippen LogP contribution in [-0.2, 0) is 11.3 Å². The number of halogens is 3. The largest absolute Gasteiger partial charge is 0.322 e. The van der Waals surface area contributed by atoms with Gasteiger partial charge in [0.2, 0.25) is 5.91 Å². The van der Waals surface area contributed by atoms with Crippen molar-refractivity contribution in [3.63, 3.8) is 0 Å². The fraction of sp³-hybridized carbons (Fsp3) is 0.0625. The van der Waals surface area contributed by atoms with Crippen LogP contribution in [0.1, 0.15) is 0 Å². The number of fused-ring (bicyclic) bond motifs is 1. The summed E-state index contributed by atoms with van der Waals surface area (Å²) in [6.45, 7) is -0.498. The molecular weight excluding hydrogens is 323 g/mol. The molecule has 3 rings (SSSR count). The molecule has 0 bridgehead atoms. The van der Waals surface area contributed by atoms with Crippen LogP contribution in [-0.4, -0.2) is 15.7 Å². The molecule has 2 aromatic carbocycles. The lowest BCUT2D eigenvalue weighted by molar-refractivity contribution is -0.117. The van der Waals surface area contributed by atoms with Crippen molar-refractivity contribution >= 4 is 22.4 Å². The van der Waals surface area contributed by atoms with Crippen molar-refractivity contribution in [3.8, 4) is 0 Å². The lowest BCUT2D eigenvalue weighted by atomic mass is 10.2. The molecule has 0 atom stereocenters. The van der Waals surface area contributed by atoms with Gasteiger partial charge in [0.05, 0.1) is 17.3 Å². The van der Waals surface area contributed by atoms with Gasteiger partial charge in [-0.3, -0.25) is 9.59 Å². The van der Waals surface area contributed by atoms with Crippen LogP contribution in [0.5, 0.6) is 0 Å². The van der Waals surface area contributed by atoms with Gasteiger partial charge in [0.1, 0.15) is 6.54 Å². The quantitative estimate of drug-likeness (QED) is 0.749. The van der Waals surface area contributed by atoms with E-state index < -0.39 is 41.2 Å². The zero-order valence-corrected chi connectivity index (χ0v) is 12.1. The summed E-state index contributed by atoms with van der Waals surface area (Å²) in [4.78, 5) is 24.1. The first-order chi connectivity index (χ1) is 11.5. The maximum atomic E-state index is 13.5. The summed E-state index contributed by atoms with van der Waals surface area (Å²) < 4.78 is 40.4. The Morgan fingerprint density at radius 3 is 2.62 bits per heavy atom. The van der Waals surface area contributed by atoms with E-state index in [2.05, 4.69) is 10.4 Å². The monoisotopic (exact) mass is 333 g/mol. The molecule has 0 aliphatic heterocycles. The predicted molar refractivity (Wildman–Crippen MR) is 80.9 cm³/mol. The number of rotatable bonds is 3. The summed E-state index contributed by atoms with van der Waals surface area (Å²) in [5.74, 6) is -5.36. The molecule has 1 heterocycles. The first-order valence-corrected chi connectivity index (χ1v) is 6.85. The topological polar surface area (TPSA) is 64.0 Å². The lowest BCUT2D eigenvalue weighted by Crippen LogP contribution is -2.29. The molecule has 1 aromatic heterocycles. The minimum Gasteiger partial charge on any atom is -0.322 e. The van der Waals surface area contributed by atoms with E-state index in [1.54, 1.807) is 24.3 Å². The molecule has 0 fully saturated rings. The third kappa shape index (κ3) is 2.85. The van der Waals surface area contributed by atoms with Gasteiger partial charge < -0.3 is 5.32 Å². The van der Waals surface area contributed by atoms with E-state index in [-0.39, 0.29) is 0 Å². The molecule has 1 amide bonds. The number of carbonyl (C=O) groups excluding carboxylic acids is 1. The van der Waals surface area contributed by atoms with Crippen molar-refractivity contribution in [3.05, 3.63) is 70.4 Å². The summed E-state index contributed by atoms with van der Waals surface area (Å²) in [5.41, 5.74) is -1.01. The van der Waals surface area contributed by atoms with Gasteiger partial charge in [0.15, 0.2) is 17.5 Å². The van der Waals surface area contributed by atoms with Gasteiger partial charge in [0.25, 0.3) is 5.56 Å². The fourth-order valence-corrected chi connectivity index (χ4v) is 2.19. The molecule has 0 saturated carbocycles. The van der Waals surface area contributed by atoms with Crippen molar-refractivity contribution in [2.45, 2.75) is 6.54 Å². The number of amides is 1. The molecule has 8 heteroatoms. The maximum absolute atomic E-state index is 13.5. The molecule has 0 aliphatic carbocycles. The average Bonchev–Trinajstić information content (AvgIpc) is 2.58. The highest BCUT2D eigenvalue weighted by molar-refractivity contribution is 5.90. The average molecular weight is 333 g/mol. The molecule has 5 nitrogen and oxygen atoms in total. The molecular formula is C16H10F3N3O2. The molecule has 3 aromatic rings. The molecule has 24 heavy (non-hydrogen) atoms. The third-order valence-electron chi connectivity index (χ3n) is 3.36. The van der Waals surface area contributed by atoms with Gasteiger partial charge in [-0.2, -0.15) is 5.10 Å². The highest BCUT2D eigenvalue weighted by Gasteiger charge is 2.16. The van der Waals surface area contributed by atoms with E-state index in [1.807, 2.05) is 0 Å². The Balaban J connectivity index is 1.84. The number of nitrogens with zero attached hydrogens (tertiary/aromatic N) is 2. The van der Waals surface area contributed by atoms with Crippen molar-refractivity contribution in [2.75, 3.05) is 5.32 Å². The van der Waals surface area contributed by atoms with Crippen LogP contribution in [0, 0.1) is 17.5 Å². The predicted octanol–water partition coefficient (Wildman–Crippen LogP) is 2.45. The summed E-state index contributed by atoms with van der Waals surface area (Å²) in [7, 11) is 0. The number of nitrogens with one attached hydrogen (secondary N) is 1. The highest BCUT2D eigenvalue weighted by Crippen LogP contribution is 2.19. The third-order valence-corrected chi connectivity index (χ3v) is 3.36. The highest BCUT2D eigenvalue weighted by atomic mass is 19.2. The SMILES string of the molecule is O=C(Cn1ncc2ccccc2c1=O)Nc1ccc(F)c(F)c1F. The summed E-state index contributed by atoms with van der Waals surface area (Å²) in [5, 5.41) is 6.93. The van der Waals surface area contributed by atoms with Crippen molar-refractivity contribution in [2.24, 2.45) is 0 Å². The summed E-state index contributed by atoms with van der Waals surface area (Å²) >= 11 is 0. The molecule has 1 N–H and O–H groups in total. The minimum absolute atomic E-state index is 0.374. The second-order valence-corrected chi connectivity index (χ2v) is 4.97. The van der Waals surface area contributed by atoms with Crippen molar-refractivity contribution < 1.29 is 18.0 Å². The maximum Gasteiger partial charge on any atom is 0.275 e. The van der Waals surface area contributed by atoms with E-state index in [9.17, 15) is 22.8 Å². The number of hydrogen-bond donors (Lipinski definition) is 1. The first-order valence-electron chi connectivity index (χ1n) is 6.85. The summed E-state index contributed by atoms with van der Waals surface area (Å²) in [6, 6.07) is 8.28. The molecule has 0 radical (unpaired) electrons. The van der Waals surface area contributed by atoms with Crippen molar-refractivity contribution in [1.29, 1.82) is 0 Å². The van der Waals surface area contributed by atoms with Crippen LogP contribution in [0.4, 0.5) is 18.9 Å². The number of hydrogen-bond acceptors (Lipinski definition) is 3. The van der Waals surface area contributed by atoms with Gasteiger partial charge in [-0.15, -0.1) is 0 Å². The standard InChI is InChI=1S/C16H10F3N3O2/c17-11-5-6-12(15(19)14(11)18)21-13(23)8-22-16(24)10-4-2-1-3-9(10)7-20-22/h1-7H,8H2,(H,21,23). The normalized spacial score (nSPS) is 10.8. The Hall–Kier alpha value is -3.16. The number of anilines is 1. The van der Waals surface area contributed by atoms with E-state index in [4.69, 9.17) is 0 Å². The van der Waals surface area contributed by atoms with Gasteiger partial charge in [-0.05, 0) is 18.2 Å². The number of aromatic nitrogens is 2. The first kappa shape index (κ1) is 15.7. The zero-order valence-electron chi connectivity index (χ0n) is 12.1. The van der Waals surface area contributed by atoms with E-state index in [1.165, 1.54) is 6.20 Å². The van der Waals surface area contributed by atoms with Crippen LogP contribution in [0.25, 0.3) is 10.8 Å². The van der Waals surface area contributed by atoms with Crippen molar-refractivity contribution in [1.82, 2.24) is 9.78 Å². The minimum atomic E-state index is -1.69. The molecule has 0 spiro atoms. The van der Waals surface area contributed by atoms with Crippen LogP contribution in [0.2, 0.25) is 0 Å². The van der Waals surface area contributed by atoms with Crippen LogP contribution >= 0.6 is 0 Å². The fourth-order valence-electron chi connectivity index (χ4n) is 2.19. The molecule has 0 aliphatic rings. The van der Waals surface area contributed by atoms with E-state index in [0.29, 0.717) is 16.8 Å². The molecule has 0 saturated heterocycles. The second kappa shape index (κ2) is 6.15. The Labute approximate surface area is 133 Å². The molecule has 0 unspecified atom stereocenters. The Morgan fingerprint density at radius 2 is 1.83 bits per heavy atom. The van der Waals surface area contributed by atoms with Gasteiger partial charge in [0, 0.05) is 5.39 Å². The summed E-state index contributed by atoms with van der Waals surface area (Å²) in [6.07, 6.45) is 1.42. The van der Waals surface area contributed by atoms with Gasteiger partial charge in [-0.1, -0.05) is 18.2 Å². The van der Waals surface area contributed by atoms with E-state index >= 15 is 0 Å². The number of benzene rings is 2. The lowest BCUT2D eigenvalue weighted by Gasteiger charge is -2.09. The Kier molecular flexibility index (Phi) is 4.03. The smallest absolute Gasteiger partial charge is 0.275 e. The zero-order chi connectivity index (χ0) is 17.3. The van der Waals surface area contributed by atoms with E-state index in [0.717, 1.165) is 10.7 Å². The number of carbonyl (C=O) groups is 1. The second-order valence-electron chi connectivity index (χ2n) is 4.97. The van der Waals surface area contributed by atoms with Gasteiger partial charge in [-0.25, -0.2) is 17.9 Å². The molecule has 122 valence electrons. The Morgan fingerprint density at radius 1 is 1.08 bits per heavy atom. The van der Waals surface area contributed by atoms with Crippen LogP contribution in [0.15, 0.2) is 47.4 Å². The Bertz CT molecular complexity index is 1000. The van der Waals surface area contributed by atoms with Crippen LogP contribution in [0.3, 0.4) is 0 Å². The van der Waals surface area contributed by atoms with Crippen LogP contribution < -0.4 is 10.9 Å². The van der Waals surface area contributed by atoms with Gasteiger partial charge >= 0.3 is 0 Å².